The Balaban J connectivity index is 1.21. The van der Waals surface area contributed by atoms with Crippen LogP contribution in [0.4, 0.5) is 17.6 Å². The van der Waals surface area contributed by atoms with Crippen LogP contribution in [-0.2, 0) is 4.79 Å². The number of nitrogens with zero attached hydrogens (tertiary/aromatic N) is 4. The zero-order valence-electron chi connectivity index (χ0n) is 21.1. The number of carbonyl (C=O) groups is 2. The van der Waals surface area contributed by atoms with Crippen LogP contribution in [0.2, 0.25) is 0 Å². The molecule has 3 fully saturated rings. The van der Waals surface area contributed by atoms with E-state index in [2.05, 4.69) is 20.5 Å². The Morgan fingerprint density at radius 3 is 2.47 bits per heavy atom. The molecule has 0 saturated carbocycles. The lowest BCUT2D eigenvalue weighted by Gasteiger charge is -2.40. The number of rotatable bonds is 5. The first-order valence-corrected chi connectivity index (χ1v) is 12.7. The molecule has 5 heterocycles. The summed E-state index contributed by atoms with van der Waals surface area (Å²) in [6.45, 7) is 0.145. The molecule has 2 unspecified atom stereocenters. The maximum atomic E-state index is 14.3. The Labute approximate surface area is 216 Å². The van der Waals surface area contributed by atoms with Crippen LogP contribution in [-0.4, -0.2) is 87.8 Å². The van der Waals surface area contributed by atoms with Gasteiger partial charge in [0.25, 0.3) is 5.91 Å². The van der Waals surface area contributed by atoms with Crippen molar-refractivity contribution < 1.29 is 31.9 Å². The largest absolute Gasteiger partial charge is 0.481 e. The van der Waals surface area contributed by atoms with Crippen molar-refractivity contribution in [1.82, 2.24) is 30.3 Å². The summed E-state index contributed by atoms with van der Waals surface area (Å²) in [5, 5.41) is 9.77. The summed E-state index contributed by atoms with van der Waals surface area (Å²) in [6, 6.07) is 0.808. The number of nitrogens with one attached hydrogen (secondary N) is 2. The van der Waals surface area contributed by atoms with Gasteiger partial charge in [0.05, 0.1) is 19.0 Å². The molecule has 0 radical (unpaired) electrons. The number of amides is 2. The number of likely N-dealkylation sites (N-methyl/N-ethyl adjacent to an activating group) is 1. The van der Waals surface area contributed by atoms with E-state index in [1.54, 1.807) is 4.90 Å². The summed E-state index contributed by atoms with van der Waals surface area (Å²) in [7, 11) is 2.85. The Morgan fingerprint density at radius 1 is 1.13 bits per heavy atom. The van der Waals surface area contributed by atoms with E-state index < -0.39 is 18.0 Å². The molecule has 5 atom stereocenters. The van der Waals surface area contributed by atoms with Gasteiger partial charge in [-0.15, -0.1) is 0 Å². The summed E-state index contributed by atoms with van der Waals surface area (Å²) < 4.78 is 58.8. The molecule has 38 heavy (non-hydrogen) atoms. The van der Waals surface area contributed by atoms with Gasteiger partial charge in [-0.05, 0) is 51.6 Å². The minimum atomic E-state index is -4.28. The zero-order chi connectivity index (χ0) is 27.2. The van der Waals surface area contributed by atoms with Crippen molar-refractivity contribution in [2.45, 2.75) is 68.9 Å². The van der Waals surface area contributed by atoms with Crippen LogP contribution in [0.25, 0.3) is 11.3 Å². The van der Waals surface area contributed by atoms with Crippen LogP contribution in [0.1, 0.15) is 49.0 Å². The summed E-state index contributed by atoms with van der Waals surface area (Å²) in [5.41, 5.74) is 0.623. The number of methoxy groups -OCH3 is 1. The SMILES string of the molecule is COc1cc(-c2cc(C(=O)N3C4CC[C@@H]3CC(C(=O)N[C@H]3CC[C@@H](C(F)(F)F)N(C)C3)C4)[nH]n2)c(F)cn1. The lowest BCUT2D eigenvalue weighted by Crippen LogP contribution is -2.56. The lowest BCUT2D eigenvalue weighted by molar-refractivity contribution is -0.188. The van der Waals surface area contributed by atoms with Crippen molar-refractivity contribution in [3.63, 3.8) is 0 Å². The quantitative estimate of drug-likeness (QED) is 0.567. The fraction of sp³-hybridized carbons (Fsp3) is 0.600. The molecule has 2 amide bonds. The van der Waals surface area contributed by atoms with E-state index in [1.165, 1.54) is 31.2 Å². The van der Waals surface area contributed by atoms with Gasteiger partial charge in [-0.25, -0.2) is 9.37 Å². The van der Waals surface area contributed by atoms with Gasteiger partial charge in [-0.3, -0.25) is 19.6 Å². The lowest BCUT2D eigenvalue weighted by atomic mass is 9.89. The topological polar surface area (TPSA) is 103 Å². The molecule has 0 aliphatic carbocycles. The van der Waals surface area contributed by atoms with Gasteiger partial charge in [0, 0.05) is 42.2 Å². The fourth-order valence-electron chi connectivity index (χ4n) is 6.15. The molecular weight excluding hydrogens is 508 g/mol. The minimum absolute atomic E-state index is 0.0501. The summed E-state index contributed by atoms with van der Waals surface area (Å²) in [6.07, 6.45) is -0.537. The second-order valence-corrected chi connectivity index (χ2v) is 10.4. The molecule has 2 bridgehead atoms. The number of aromatic amines is 1. The third kappa shape index (κ3) is 5.07. The number of hydrogen-bond acceptors (Lipinski definition) is 6. The van der Waals surface area contributed by atoms with E-state index in [0.717, 1.165) is 19.0 Å². The average Bonchev–Trinajstić information content (AvgIpc) is 3.45. The molecule has 9 nitrogen and oxygen atoms in total. The summed E-state index contributed by atoms with van der Waals surface area (Å²) >= 11 is 0. The van der Waals surface area contributed by atoms with Crippen LogP contribution in [0, 0.1) is 11.7 Å². The Hall–Kier alpha value is -3.22. The van der Waals surface area contributed by atoms with Crippen LogP contribution < -0.4 is 10.1 Å². The van der Waals surface area contributed by atoms with E-state index in [1.807, 2.05) is 0 Å². The predicted octanol–water partition coefficient (Wildman–Crippen LogP) is 3.14. The smallest absolute Gasteiger partial charge is 0.404 e. The number of aromatic nitrogens is 3. The maximum Gasteiger partial charge on any atom is 0.404 e. The molecule has 2 aromatic rings. The number of likely N-dealkylation sites (tertiary alicyclic amines) is 1. The zero-order valence-corrected chi connectivity index (χ0v) is 21.1. The highest BCUT2D eigenvalue weighted by Gasteiger charge is 2.47. The first-order chi connectivity index (χ1) is 18.0. The molecule has 5 rings (SSSR count). The van der Waals surface area contributed by atoms with E-state index in [4.69, 9.17) is 4.74 Å². The fourth-order valence-corrected chi connectivity index (χ4v) is 6.15. The van der Waals surface area contributed by atoms with E-state index in [-0.39, 0.29) is 78.1 Å². The molecule has 206 valence electrons. The maximum absolute atomic E-state index is 14.3. The number of H-pyrrole nitrogens is 1. The summed E-state index contributed by atoms with van der Waals surface area (Å²) in [5.74, 6) is -1.11. The van der Waals surface area contributed by atoms with Crippen LogP contribution >= 0.6 is 0 Å². The van der Waals surface area contributed by atoms with Gasteiger partial charge < -0.3 is 15.0 Å². The highest BCUT2D eigenvalue weighted by molar-refractivity contribution is 5.94. The number of fused-ring (bicyclic) bond motifs is 2. The van der Waals surface area contributed by atoms with E-state index in [0.29, 0.717) is 12.8 Å². The first kappa shape index (κ1) is 26.4. The van der Waals surface area contributed by atoms with Crippen molar-refractivity contribution in [1.29, 1.82) is 0 Å². The third-order valence-electron chi connectivity index (χ3n) is 8.02. The average molecular weight is 539 g/mol. The van der Waals surface area contributed by atoms with Crippen molar-refractivity contribution in [3.05, 3.63) is 29.8 Å². The van der Waals surface area contributed by atoms with Gasteiger partial charge in [-0.2, -0.15) is 18.3 Å². The molecule has 13 heteroatoms. The standard InChI is InChI=1S/C25H30F4N6O3/c1-34-12-14(3-6-21(34)25(27,28)29)31-23(36)13-7-15-4-5-16(8-13)35(15)24(37)20-10-19(32-33-20)17-9-22(38-2)30-11-18(17)26/h9-11,13-16,21H,3-8,12H2,1-2H3,(H,31,36)(H,32,33)/t13?,14-,15+,16?,21-/m0/s1. The molecule has 3 aliphatic rings. The van der Waals surface area contributed by atoms with Crippen LogP contribution in [0.15, 0.2) is 18.3 Å². The summed E-state index contributed by atoms with van der Waals surface area (Å²) in [4.78, 5) is 33.3. The third-order valence-corrected chi connectivity index (χ3v) is 8.02. The highest BCUT2D eigenvalue weighted by atomic mass is 19.4. The monoisotopic (exact) mass is 538 g/mol. The highest BCUT2D eigenvalue weighted by Crippen LogP contribution is 2.40. The molecule has 3 saturated heterocycles. The molecular formula is C25H30F4N6O3. The first-order valence-electron chi connectivity index (χ1n) is 12.7. The van der Waals surface area contributed by atoms with Gasteiger partial charge in [0.1, 0.15) is 11.7 Å². The van der Waals surface area contributed by atoms with Gasteiger partial charge >= 0.3 is 6.18 Å². The molecule has 0 spiro atoms. The number of hydrogen-bond donors (Lipinski definition) is 2. The van der Waals surface area contributed by atoms with Crippen molar-refractivity contribution >= 4 is 11.8 Å². The second-order valence-electron chi connectivity index (χ2n) is 10.4. The molecule has 0 aromatic carbocycles. The van der Waals surface area contributed by atoms with Crippen molar-refractivity contribution in [2.75, 3.05) is 20.7 Å². The van der Waals surface area contributed by atoms with Crippen molar-refractivity contribution in [3.8, 4) is 17.1 Å². The number of halogens is 4. The number of carbonyl (C=O) groups excluding carboxylic acids is 2. The molecule has 2 N–H and O–H groups in total. The predicted molar refractivity (Wildman–Crippen MR) is 128 cm³/mol. The van der Waals surface area contributed by atoms with Crippen LogP contribution in [0.3, 0.4) is 0 Å². The Bertz CT molecular complexity index is 1190. The molecule has 2 aromatic heterocycles. The number of alkyl halides is 3. The Morgan fingerprint density at radius 2 is 1.84 bits per heavy atom. The van der Waals surface area contributed by atoms with Gasteiger partial charge in [-0.1, -0.05) is 0 Å². The number of piperidine rings is 2. The Kier molecular flexibility index (Phi) is 7.05. The normalized spacial score (nSPS) is 27.8. The number of ether oxygens (including phenoxy) is 1. The van der Waals surface area contributed by atoms with E-state index >= 15 is 0 Å². The number of pyridine rings is 1. The van der Waals surface area contributed by atoms with Crippen molar-refractivity contribution in [2.24, 2.45) is 5.92 Å². The minimum Gasteiger partial charge on any atom is -0.481 e. The van der Waals surface area contributed by atoms with Gasteiger partial charge in [0.15, 0.2) is 5.82 Å². The van der Waals surface area contributed by atoms with Crippen LogP contribution in [0.5, 0.6) is 5.88 Å². The molecule has 3 aliphatic heterocycles. The second kappa shape index (κ2) is 10.2. The van der Waals surface area contributed by atoms with E-state index in [9.17, 15) is 27.2 Å². The van der Waals surface area contributed by atoms with Gasteiger partial charge in [0.2, 0.25) is 11.8 Å².